The van der Waals surface area contributed by atoms with Gasteiger partial charge in [0.1, 0.15) is 0 Å². The monoisotopic (exact) mass is 302 g/mol. The van der Waals surface area contributed by atoms with Crippen molar-refractivity contribution >= 4 is 23.7 Å². The molecule has 7 heteroatoms. The van der Waals surface area contributed by atoms with Crippen LogP contribution in [0, 0.1) is 0 Å². The van der Waals surface area contributed by atoms with Gasteiger partial charge < -0.3 is 15.0 Å². The number of nitrogens with zero attached hydrogens (tertiary/aromatic N) is 2. The molecule has 115 valence electrons. The Morgan fingerprint density at radius 2 is 2.14 bits per heavy atom. The van der Waals surface area contributed by atoms with Crippen molar-refractivity contribution in [1.82, 2.24) is 15.2 Å². The molecular formula is C15H16N3O4. The Balaban J connectivity index is 2.24. The van der Waals surface area contributed by atoms with Crippen LogP contribution in [0.5, 0.6) is 0 Å². The number of amides is 2. The zero-order valence-corrected chi connectivity index (χ0v) is 11.9. The van der Waals surface area contributed by atoms with E-state index in [-0.39, 0.29) is 18.0 Å². The van der Waals surface area contributed by atoms with Gasteiger partial charge >= 0.3 is 0 Å². The molecule has 1 saturated heterocycles. The molecule has 1 aliphatic heterocycles. The molecule has 2 rings (SSSR count). The van der Waals surface area contributed by atoms with E-state index >= 15 is 0 Å². The van der Waals surface area contributed by atoms with E-state index in [0.717, 1.165) is 6.08 Å². The summed E-state index contributed by atoms with van der Waals surface area (Å²) in [5.41, 5.74) is 0.593. The Morgan fingerprint density at radius 3 is 2.77 bits per heavy atom. The van der Waals surface area contributed by atoms with Crippen LogP contribution in [0.15, 0.2) is 30.5 Å². The average Bonchev–Trinajstić information content (AvgIpc) is 2.59. The van der Waals surface area contributed by atoms with Crippen LogP contribution in [0.4, 0.5) is 0 Å². The average molecular weight is 302 g/mol. The Bertz CT molecular complexity index is 565. The molecule has 0 unspecified atom stereocenters. The van der Waals surface area contributed by atoms with Gasteiger partial charge in [-0.25, -0.2) is 0 Å². The van der Waals surface area contributed by atoms with Crippen molar-refractivity contribution in [1.29, 1.82) is 0 Å². The van der Waals surface area contributed by atoms with Crippen LogP contribution in [-0.2, 0) is 19.1 Å². The van der Waals surface area contributed by atoms with Crippen molar-refractivity contribution < 1.29 is 19.1 Å². The predicted octanol–water partition coefficient (Wildman–Crippen LogP) is -0.450. The quantitative estimate of drug-likeness (QED) is 0.744. The highest BCUT2D eigenvalue weighted by Crippen LogP contribution is 2.16. The highest BCUT2D eigenvalue weighted by Gasteiger charge is 2.23. The molecule has 0 bridgehead atoms. The van der Waals surface area contributed by atoms with Gasteiger partial charge in [0, 0.05) is 25.4 Å². The summed E-state index contributed by atoms with van der Waals surface area (Å²) in [4.78, 5) is 40.3. The van der Waals surface area contributed by atoms with E-state index in [2.05, 4.69) is 10.3 Å². The summed E-state index contributed by atoms with van der Waals surface area (Å²) in [6, 6.07) is 5.12. The maximum absolute atomic E-state index is 12.6. The first-order valence-corrected chi connectivity index (χ1v) is 6.85. The third kappa shape index (κ3) is 4.23. The Hall–Kier alpha value is -2.54. The lowest BCUT2D eigenvalue weighted by Gasteiger charge is -2.27. The van der Waals surface area contributed by atoms with Crippen LogP contribution in [0.25, 0.3) is 5.57 Å². The lowest BCUT2D eigenvalue weighted by Crippen LogP contribution is -2.41. The molecule has 7 nitrogen and oxygen atoms in total. The summed E-state index contributed by atoms with van der Waals surface area (Å²) in [5.74, 6) is -0.821. The van der Waals surface area contributed by atoms with Crippen molar-refractivity contribution in [2.75, 3.05) is 32.8 Å². The van der Waals surface area contributed by atoms with E-state index < -0.39 is 5.91 Å². The van der Waals surface area contributed by atoms with E-state index in [9.17, 15) is 14.4 Å². The number of nitrogens with one attached hydrogen (secondary N) is 1. The van der Waals surface area contributed by atoms with Gasteiger partial charge in [-0.05, 0) is 12.1 Å². The van der Waals surface area contributed by atoms with Crippen molar-refractivity contribution in [2.24, 2.45) is 0 Å². The molecule has 1 radical (unpaired) electrons. The molecule has 1 aromatic rings. The number of pyridine rings is 1. The molecule has 22 heavy (non-hydrogen) atoms. The first-order valence-electron chi connectivity index (χ1n) is 6.85. The normalized spacial score (nSPS) is 15.3. The molecule has 1 aromatic heterocycles. The Morgan fingerprint density at radius 1 is 1.36 bits per heavy atom. The number of rotatable bonds is 5. The van der Waals surface area contributed by atoms with E-state index in [1.165, 1.54) is 0 Å². The second-order valence-electron chi connectivity index (χ2n) is 4.54. The summed E-state index contributed by atoms with van der Waals surface area (Å²) >= 11 is 0. The van der Waals surface area contributed by atoms with Gasteiger partial charge in [0.25, 0.3) is 5.91 Å². The molecule has 2 amide bonds. The van der Waals surface area contributed by atoms with Crippen molar-refractivity contribution in [3.63, 3.8) is 0 Å². The number of morpholine rings is 1. The topological polar surface area (TPSA) is 88.6 Å². The van der Waals surface area contributed by atoms with Gasteiger partial charge in [-0.15, -0.1) is 0 Å². The maximum Gasteiger partial charge on any atom is 0.256 e. The van der Waals surface area contributed by atoms with Crippen LogP contribution >= 0.6 is 0 Å². The van der Waals surface area contributed by atoms with E-state index in [4.69, 9.17) is 4.74 Å². The summed E-state index contributed by atoms with van der Waals surface area (Å²) in [6.07, 6.45) is 4.28. The van der Waals surface area contributed by atoms with Gasteiger partial charge in [0.05, 0.1) is 31.0 Å². The maximum atomic E-state index is 12.6. The molecular weight excluding hydrogens is 286 g/mol. The Labute approximate surface area is 128 Å². The molecule has 0 atom stereocenters. The van der Waals surface area contributed by atoms with Crippen LogP contribution in [0.3, 0.4) is 0 Å². The minimum Gasteiger partial charge on any atom is -0.378 e. The number of carbonyl (C=O) groups is 2. The van der Waals surface area contributed by atoms with Gasteiger partial charge in [-0.3, -0.25) is 19.4 Å². The molecule has 0 aromatic carbocycles. The largest absolute Gasteiger partial charge is 0.378 e. The highest BCUT2D eigenvalue weighted by atomic mass is 16.5. The minimum absolute atomic E-state index is 0.186. The summed E-state index contributed by atoms with van der Waals surface area (Å²) in [6.45, 7) is 1.64. The van der Waals surface area contributed by atoms with Crippen LogP contribution < -0.4 is 5.32 Å². The minimum atomic E-state index is -0.536. The summed E-state index contributed by atoms with van der Waals surface area (Å²) < 4.78 is 5.22. The molecule has 2 heterocycles. The second-order valence-corrected chi connectivity index (χ2v) is 4.54. The second kappa shape index (κ2) is 8.04. The molecule has 0 aliphatic carbocycles. The van der Waals surface area contributed by atoms with Crippen LogP contribution in [0.2, 0.25) is 0 Å². The highest BCUT2D eigenvalue weighted by molar-refractivity contribution is 6.23. The number of ether oxygens (including phenoxy) is 1. The standard InChI is InChI=1S/C15H16N3O4/c19-8-5-17-14(20)11-12(13-3-1-2-4-16-13)15(21)18-6-9-22-10-7-18/h1-4,11H,5-7,9-10H2,(H,17,20). The number of hydrogen-bond acceptors (Lipinski definition) is 5. The molecule has 1 N–H and O–H groups in total. The van der Waals surface area contributed by atoms with Crippen LogP contribution in [-0.4, -0.2) is 60.8 Å². The van der Waals surface area contributed by atoms with Gasteiger partial charge in [0.15, 0.2) is 0 Å². The molecule has 0 saturated carbocycles. The number of hydrogen-bond donors (Lipinski definition) is 1. The van der Waals surface area contributed by atoms with Gasteiger partial charge in [0.2, 0.25) is 12.2 Å². The van der Waals surface area contributed by atoms with Crippen molar-refractivity contribution in [2.45, 2.75) is 0 Å². The molecule has 1 fully saturated rings. The lowest BCUT2D eigenvalue weighted by molar-refractivity contribution is -0.129. The van der Waals surface area contributed by atoms with E-state index in [1.54, 1.807) is 35.6 Å². The molecule has 0 spiro atoms. The third-order valence-electron chi connectivity index (χ3n) is 3.08. The summed E-state index contributed by atoms with van der Waals surface area (Å²) in [7, 11) is 0. The van der Waals surface area contributed by atoms with E-state index in [1.807, 2.05) is 0 Å². The SMILES string of the molecule is O=[C]CNC(=O)C=C(C(=O)N1CCOCC1)c1ccccn1. The van der Waals surface area contributed by atoms with Crippen molar-refractivity contribution in [3.05, 3.63) is 36.2 Å². The van der Waals surface area contributed by atoms with E-state index in [0.29, 0.717) is 32.0 Å². The fraction of sp³-hybridized carbons (Fsp3) is 0.333. The van der Waals surface area contributed by atoms with Crippen molar-refractivity contribution in [3.8, 4) is 0 Å². The van der Waals surface area contributed by atoms with Gasteiger partial charge in [-0.2, -0.15) is 0 Å². The van der Waals surface area contributed by atoms with Crippen LogP contribution in [0.1, 0.15) is 5.69 Å². The number of aromatic nitrogens is 1. The smallest absolute Gasteiger partial charge is 0.256 e. The first-order chi connectivity index (χ1) is 10.7. The third-order valence-corrected chi connectivity index (χ3v) is 3.08. The zero-order chi connectivity index (χ0) is 15.8. The first kappa shape index (κ1) is 15.8. The number of carbonyl (C=O) groups excluding carboxylic acids is 3. The lowest BCUT2D eigenvalue weighted by atomic mass is 10.1. The summed E-state index contributed by atoms with van der Waals surface area (Å²) in [5, 5.41) is 2.33. The fourth-order valence-electron chi connectivity index (χ4n) is 2.01. The predicted molar refractivity (Wildman–Crippen MR) is 78.3 cm³/mol. The Kier molecular flexibility index (Phi) is 5.79. The molecule has 1 aliphatic rings. The fourth-order valence-corrected chi connectivity index (χ4v) is 2.01. The van der Waals surface area contributed by atoms with Gasteiger partial charge in [-0.1, -0.05) is 6.07 Å². The zero-order valence-electron chi connectivity index (χ0n) is 11.9.